The van der Waals surface area contributed by atoms with Crippen LogP contribution in [0.2, 0.25) is 5.82 Å². The predicted octanol–water partition coefficient (Wildman–Crippen LogP) is -0.398. The fourth-order valence-electron chi connectivity index (χ4n) is 1.77. The molecule has 0 radical (unpaired) electrons. The van der Waals surface area contributed by atoms with Crippen molar-refractivity contribution in [1.29, 1.82) is 0 Å². The molecule has 0 aromatic carbocycles. The molecule has 0 aliphatic heterocycles. The van der Waals surface area contributed by atoms with Crippen molar-refractivity contribution >= 4 is 13.8 Å². The zero-order valence-corrected chi connectivity index (χ0v) is 6.90. The number of carboxylic acid groups (broad SMARTS) is 1. The van der Waals surface area contributed by atoms with Crippen LogP contribution in [0.15, 0.2) is 0 Å². The van der Waals surface area contributed by atoms with Crippen LogP contribution in [0.1, 0.15) is 12.8 Å². The fraction of sp³-hybridized carbons (Fsp3) is 0.857. The third kappa shape index (κ3) is 1.77. The Kier molecular flexibility index (Phi) is 2.72. The van der Waals surface area contributed by atoms with Crippen LogP contribution in [0.25, 0.3) is 0 Å². The first-order valence-corrected chi connectivity index (χ1v) is 4.06. The molecule has 1 aliphatic carbocycles. The molecular formula is C7H12BFO3. The number of aliphatic hydroxyl groups excluding tert-OH is 1. The Hall–Kier alpha value is -0.575. The van der Waals surface area contributed by atoms with Crippen LogP contribution in [0.3, 0.4) is 0 Å². The number of halogens is 1. The predicted molar refractivity (Wildman–Crippen MR) is 43.6 cm³/mol. The van der Waals surface area contributed by atoms with E-state index in [4.69, 9.17) is 5.11 Å². The summed E-state index contributed by atoms with van der Waals surface area (Å²) in [5.41, 5.74) is 0. The monoisotopic (exact) mass is 174 g/mol. The molecule has 0 aromatic heterocycles. The lowest BCUT2D eigenvalue weighted by Gasteiger charge is -2.12. The van der Waals surface area contributed by atoms with E-state index in [1.807, 2.05) is 0 Å². The highest BCUT2D eigenvalue weighted by Gasteiger charge is 2.40. The van der Waals surface area contributed by atoms with E-state index in [-0.39, 0.29) is 12.2 Å². The van der Waals surface area contributed by atoms with Crippen LogP contribution in [-0.2, 0) is 4.79 Å². The van der Waals surface area contributed by atoms with E-state index < -0.39 is 24.2 Å². The largest absolute Gasteiger partial charge is 0.481 e. The molecule has 0 spiro atoms. The second-order valence-corrected chi connectivity index (χ2v) is 3.51. The Balaban J connectivity index is 2.52. The van der Waals surface area contributed by atoms with Crippen molar-refractivity contribution in [3.63, 3.8) is 0 Å². The molecule has 0 bridgehead atoms. The average Bonchev–Trinajstić information content (AvgIpc) is 2.17. The van der Waals surface area contributed by atoms with Gasteiger partial charge in [-0.3, -0.25) is 4.79 Å². The molecule has 2 N–H and O–H groups in total. The highest BCUT2D eigenvalue weighted by atomic mass is 19.1. The Morgan fingerprint density at radius 3 is 2.58 bits per heavy atom. The second kappa shape index (κ2) is 3.43. The molecule has 4 unspecified atom stereocenters. The Bertz CT molecular complexity index is 187. The number of alkyl halides is 1. The minimum absolute atomic E-state index is 0.133. The summed E-state index contributed by atoms with van der Waals surface area (Å²) in [6.45, 7) is 0. The standard InChI is InChI=1S/C7H12BFO3/c8-4-1-3(2-5(10)11)7(12)6(4)9/h3-4,6-7,12H,1-2,8H2,(H,10,11). The van der Waals surface area contributed by atoms with Gasteiger partial charge in [-0.05, 0) is 18.2 Å². The van der Waals surface area contributed by atoms with Gasteiger partial charge in [-0.15, -0.1) is 0 Å². The Morgan fingerprint density at radius 1 is 1.67 bits per heavy atom. The third-order valence-corrected chi connectivity index (χ3v) is 2.46. The molecule has 1 rings (SSSR count). The zero-order valence-electron chi connectivity index (χ0n) is 6.90. The molecule has 0 amide bonds. The van der Waals surface area contributed by atoms with E-state index in [1.165, 1.54) is 0 Å². The van der Waals surface area contributed by atoms with Crippen molar-refractivity contribution in [3.05, 3.63) is 0 Å². The van der Waals surface area contributed by atoms with E-state index in [0.717, 1.165) is 0 Å². The molecule has 1 saturated carbocycles. The molecule has 5 heteroatoms. The lowest BCUT2D eigenvalue weighted by Crippen LogP contribution is -2.24. The third-order valence-electron chi connectivity index (χ3n) is 2.46. The minimum Gasteiger partial charge on any atom is -0.481 e. The summed E-state index contributed by atoms with van der Waals surface area (Å²) < 4.78 is 13.0. The highest BCUT2D eigenvalue weighted by molar-refractivity contribution is 6.12. The maximum absolute atomic E-state index is 13.0. The molecule has 3 nitrogen and oxygen atoms in total. The number of carboxylic acids is 1. The maximum atomic E-state index is 13.0. The van der Waals surface area contributed by atoms with Crippen molar-refractivity contribution in [1.82, 2.24) is 0 Å². The number of aliphatic hydroxyl groups is 1. The van der Waals surface area contributed by atoms with Gasteiger partial charge in [0.15, 0.2) is 0 Å². The maximum Gasteiger partial charge on any atom is 0.303 e. The van der Waals surface area contributed by atoms with E-state index in [2.05, 4.69) is 0 Å². The summed E-state index contributed by atoms with van der Waals surface area (Å²) in [7, 11) is 1.69. The van der Waals surface area contributed by atoms with E-state index >= 15 is 0 Å². The number of rotatable bonds is 2. The lowest BCUT2D eigenvalue weighted by molar-refractivity contribution is -0.139. The number of hydrogen-bond acceptors (Lipinski definition) is 2. The normalized spacial score (nSPS) is 41.5. The first-order chi connectivity index (χ1) is 5.52. The van der Waals surface area contributed by atoms with Gasteiger partial charge in [0, 0.05) is 0 Å². The average molecular weight is 174 g/mol. The summed E-state index contributed by atoms with van der Waals surface area (Å²) >= 11 is 0. The van der Waals surface area contributed by atoms with Crippen LogP contribution >= 0.6 is 0 Å². The molecule has 12 heavy (non-hydrogen) atoms. The molecule has 4 atom stereocenters. The number of aliphatic carboxylic acids is 1. The number of carbonyl (C=O) groups is 1. The molecule has 0 heterocycles. The van der Waals surface area contributed by atoms with Crippen molar-refractivity contribution < 1.29 is 19.4 Å². The summed E-state index contributed by atoms with van der Waals surface area (Å²) in [6.07, 6.45) is -2.01. The minimum atomic E-state index is -1.26. The smallest absolute Gasteiger partial charge is 0.303 e. The second-order valence-electron chi connectivity index (χ2n) is 3.51. The Morgan fingerprint density at radius 2 is 2.25 bits per heavy atom. The van der Waals surface area contributed by atoms with Gasteiger partial charge >= 0.3 is 5.97 Å². The van der Waals surface area contributed by atoms with Crippen LogP contribution < -0.4 is 0 Å². The van der Waals surface area contributed by atoms with Crippen molar-refractivity contribution in [2.75, 3.05) is 0 Å². The van der Waals surface area contributed by atoms with Crippen molar-refractivity contribution in [2.45, 2.75) is 30.9 Å². The molecular weight excluding hydrogens is 162 g/mol. The topological polar surface area (TPSA) is 57.5 Å². The number of hydrogen-bond donors (Lipinski definition) is 2. The quantitative estimate of drug-likeness (QED) is 0.560. The van der Waals surface area contributed by atoms with E-state index in [9.17, 15) is 14.3 Å². The van der Waals surface area contributed by atoms with Crippen LogP contribution in [0, 0.1) is 5.92 Å². The SMILES string of the molecule is BC1CC(CC(=O)O)C(O)C1F. The molecule has 0 saturated heterocycles. The van der Waals surface area contributed by atoms with Gasteiger partial charge < -0.3 is 10.2 Å². The first-order valence-electron chi connectivity index (χ1n) is 4.06. The van der Waals surface area contributed by atoms with Gasteiger partial charge in [0.25, 0.3) is 0 Å². The van der Waals surface area contributed by atoms with Gasteiger partial charge in [0.05, 0.1) is 12.5 Å². The van der Waals surface area contributed by atoms with E-state index in [0.29, 0.717) is 6.42 Å². The molecule has 0 aromatic rings. The van der Waals surface area contributed by atoms with E-state index in [1.54, 1.807) is 7.85 Å². The first kappa shape index (κ1) is 9.51. The van der Waals surface area contributed by atoms with Gasteiger partial charge in [0.2, 0.25) is 0 Å². The fourth-order valence-corrected chi connectivity index (χ4v) is 1.77. The van der Waals surface area contributed by atoms with Gasteiger partial charge in [-0.1, -0.05) is 0 Å². The van der Waals surface area contributed by atoms with Crippen LogP contribution in [0.5, 0.6) is 0 Å². The summed E-state index contributed by atoms with van der Waals surface area (Å²) in [4.78, 5) is 10.3. The van der Waals surface area contributed by atoms with Crippen LogP contribution in [-0.4, -0.2) is 36.3 Å². The van der Waals surface area contributed by atoms with Gasteiger partial charge in [-0.25, -0.2) is 4.39 Å². The molecule has 1 aliphatic rings. The Labute approximate surface area is 71.0 Å². The van der Waals surface area contributed by atoms with Crippen molar-refractivity contribution in [3.8, 4) is 0 Å². The van der Waals surface area contributed by atoms with Crippen LogP contribution in [0.4, 0.5) is 4.39 Å². The summed E-state index contributed by atoms with van der Waals surface area (Å²) in [5, 5.41) is 17.7. The lowest BCUT2D eigenvalue weighted by atomic mass is 9.84. The summed E-state index contributed by atoms with van der Waals surface area (Å²) in [5.74, 6) is -1.60. The zero-order chi connectivity index (χ0) is 9.30. The van der Waals surface area contributed by atoms with Gasteiger partial charge in [0.1, 0.15) is 14.0 Å². The highest BCUT2D eigenvalue weighted by Crippen LogP contribution is 2.37. The molecule has 1 fully saturated rings. The summed E-state index contributed by atoms with van der Waals surface area (Å²) in [6, 6.07) is 0. The molecule has 68 valence electrons. The van der Waals surface area contributed by atoms with Crippen molar-refractivity contribution in [2.24, 2.45) is 5.92 Å². The van der Waals surface area contributed by atoms with Gasteiger partial charge in [-0.2, -0.15) is 0 Å².